The van der Waals surface area contributed by atoms with Gasteiger partial charge >= 0.3 is 6.01 Å². The molecule has 2 rings (SSSR count). The van der Waals surface area contributed by atoms with Gasteiger partial charge in [0.1, 0.15) is 5.82 Å². The normalized spacial score (nSPS) is 12.4. The summed E-state index contributed by atoms with van der Waals surface area (Å²) in [5.41, 5.74) is 0.585. The van der Waals surface area contributed by atoms with Gasteiger partial charge in [0, 0.05) is 24.9 Å². The number of benzene rings is 1. The zero-order valence-electron chi connectivity index (χ0n) is 10.8. The third-order valence-electron chi connectivity index (χ3n) is 3.00. The molecule has 1 aromatic carbocycles. The van der Waals surface area contributed by atoms with E-state index in [1.807, 2.05) is 6.92 Å². The zero-order chi connectivity index (χ0) is 13.8. The molecule has 0 saturated heterocycles. The number of anilines is 1. The Labute approximate surface area is 116 Å². The molecule has 1 atom stereocenters. The predicted octanol–water partition coefficient (Wildman–Crippen LogP) is 3.19. The van der Waals surface area contributed by atoms with Gasteiger partial charge in [0.15, 0.2) is 0 Å². The second-order valence-corrected chi connectivity index (χ2v) is 4.60. The van der Waals surface area contributed by atoms with Crippen molar-refractivity contribution >= 4 is 17.6 Å². The van der Waals surface area contributed by atoms with E-state index in [4.69, 9.17) is 16.0 Å². The van der Waals surface area contributed by atoms with E-state index in [9.17, 15) is 4.39 Å². The van der Waals surface area contributed by atoms with Crippen LogP contribution in [-0.2, 0) is 6.42 Å². The van der Waals surface area contributed by atoms with Gasteiger partial charge in [-0.2, -0.15) is 0 Å². The van der Waals surface area contributed by atoms with Crippen molar-refractivity contribution in [1.82, 2.24) is 10.2 Å². The number of aryl methyl sites for hydroxylation is 1. The van der Waals surface area contributed by atoms with Crippen molar-refractivity contribution in [2.75, 3.05) is 17.8 Å². The summed E-state index contributed by atoms with van der Waals surface area (Å²) in [6.07, 6.45) is 0.524. The first kappa shape index (κ1) is 13.8. The molecular formula is C13H15ClFN3O. The third-order valence-corrected chi connectivity index (χ3v) is 3.19. The van der Waals surface area contributed by atoms with Gasteiger partial charge in [0.25, 0.3) is 0 Å². The van der Waals surface area contributed by atoms with Gasteiger partial charge in [-0.05, 0) is 13.0 Å². The monoisotopic (exact) mass is 283 g/mol. The maximum absolute atomic E-state index is 13.7. The zero-order valence-corrected chi connectivity index (χ0v) is 11.6. The molecule has 0 aliphatic rings. The average molecular weight is 284 g/mol. The summed E-state index contributed by atoms with van der Waals surface area (Å²) in [6.45, 7) is 1.88. The van der Waals surface area contributed by atoms with Crippen LogP contribution < -0.4 is 4.90 Å². The average Bonchev–Trinajstić information content (AvgIpc) is 2.87. The Morgan fingerprint density at radius 3 is 2.79 bits per heavy atom. The van der Waals surface area contributed by atoms with Crippen molar-refractivity contribution in [2.45, 2.75) is 19.4 Å². The molecule has 1 heterocycles. The lowest BCUT2D eigenvalue weighted by Crippen LogP contribution is -2.22. The number of alkyl halides is 1. The summed E-state index contributed by atoms with van der Waals surface area (Å²) >= 11 is 5.61. The second-order valence-electron chi connectivity index (χ2n) is 4.23. The van der Waals surface area contributed by atoms with Crippen LogP contribution in [0.25, 0.3) is 0 Å². The van der Waals surface area contributed by atoms with E-state index in [1.165, 1.54) is 6.07 Å². The van der Waals surface area contributed by atoms with Crippen LogP contribution >= 0.6 is 11.6 Å². The molecule has 0 fully saturated rings. The highest BCUT2D eigenvalue weighted by atomic mass is 35.5. The van der Waals surface area contributed by atoms with Gasteiger partial charge in [0.2, 0.25) is 5.89 Å². The Morgan fingerprint density at radius 2 is 2.11 bits per heavy atom. The van der Waals surface area contributed by atoms with E-state index < -0.39 is 0 Å². The fraction of sp³-hybridized carbons (Fsp3) is 0.385. The van der Waals surface area contributed by atoms with E-state index in [0.717, 1.165) is 0 Å². The van der Waals surface area contributed by atoms with Gasteiger partial charge in [-0.3, -0.25) is 0 Å². The molecular weight excluding hydrogens is 269 g/mol. The molecule has 2 aromatic rings. The number of hydrogen-bond acceptors (Lipinski definition) is 4. The van der Waals surface area contributed by atoms with E-state index in [1.54, 1.807) is 30.1 Å². The van der Waals surface area contributed by atoms with Crippen LogP contribution in [0, 0.1) is 5.82 Å². The summed E-state index contributed by atoms with van der Waals surface area (Å²) in [5, 5.41) is 7.83. The summed E-state index contributed by atoms with van der Waals surface area (Å²) < 4.78 is 19.2. The number of nitrogens with zero attached hydrogens (tertiary/aromatic N) is 3. The third kappa shape index (κ3) is 3.04. The highest BCUT2D eigenvalue weighted by molar-refractivity contribution is 6.17. The topological polar surface area (TPSA) is 42.2 Å². The van der Waals surface area contributed by atoms with Crippen molar-refractivity contribution in [2.24, 2.45) is 0 Å². The molecule has 0 radical (unpaired) electrons. The first-order valence-corrected chi connectivity index (χ1v) is 6.52. The molecule has 0 aliphatic heterocycles. The van der Waals surface area contributed by atoms with Crippen LogP contribution in [0.3, 0.4) is 0 Å². The summed E-state index contributed by atoms with van der Waals surface area (Å²) in [7, 11) is 1.79. The maximum atomic E-state index is 13.7. The Morgan fingerprint density at radius 1 is 1.37 bits per heavy atom. The summed E-state index contributed by atoms with van der Waals surface area (Å²) in [6, 6.07) is 6.80. The van der Waals surface area contributed by atoms with Crippen LogP contribution in [0.1, 0.15) is 24.4 Å². The van der Waals surface area contributed by atoms with Gasteiger partial charge in [-0.1, -0.05) is 23.3 Å². The molecule has 4 nitrogen and oxygen atoms in total. The van der Waals surface area contributed by atoms with Crippen LogP contribution in [0.2, 0.25) is 0 Å². The number of halogens is 2. The molecule has 19 heavy (non-hydrogen) atoms. The lowest BCUT2D eigenvalue weighted by Gasteiger charge is -2.23. The molecule has 0 saturated carbocycles. The van der Waals surface area contributed by atoms with Gasteiger partial charge in [-0.15, -0.1) is 16.7 Å². The first-order valence-electron chi connectivity index (χ1n) is 5.99. The van der Waals surface area contributed by atoms with Crippen molar-refractivity contribution < 1.29 is 8.81 Å². The minimum atomic E-state index is -0.248. The first-order chi connectivity index (χ1) is 9.13. The van der Waals surface area contributed by atoms with Crippen molar-refractivity contribution in [1.29, 1.82) is 0 Å². The highest BCUT2D eigenvalue weighted by Crippen LogP contribution is 2.25. The quantitative estimate of drug-likeness (QED) is 0.791. The van der Waals surface area contributed by atoms with Gasteiger partial charge < -0.3 is 9.32 Å². The maximum Gasteiger partial charge on any atom is 0.318 e. The van der Waals surface area contributed by atoms with E-state index >= 15 is 0 Å². The van der Waals surface area contributed by atoms with Gasteiger partial charge in [-0.25, -0.2) is 4.39 Å². The summed E-state index contributed by atoms with van der Waals surface area (Å²) in [4.78, 5) is 1.74. The Balaban J connectivity index is 2.18. The molecule has 6 heteroatoms. The smallest absolute Gasteiger partial charge is 0.318 e. The number of rotatable bonds is 5. The largest absolute Gasteiger partial charge is 0.408 e. The molecule has 1 aromatic heterocycles. The van der Waals surface area contributed by atoms with Crippen LogP contribution in [0.5, 0.6) is 0 Å². The molecule has 0 bridgehead atoms. The van der Waals surface area contributed by atoms with Crippen LogP contribution in [-0.4, -0.2) is 23.1 Å². The predicted molar refractivity (Wildman–Crippen MR) is 71.9 cm³/mol. The van der Waals surface area contributed by atoms with E-state index in [2.05, 4.69) is 10.2 Å². The minimum absolute atomic E-state index is 0.203. The Kier molecular flexibility index (Phi) is 4.37. The van der Waals surface area contributed by atoms with Crippen molar-refractivity contribution in [3.8, 4) is 0 Å². The fourth-order valence-electron chi connectivity index (χ4n) is 1.76. The molecule has 0 aliphatic carbocycles. The minimum Gasteiger partial charge on any atom is -0.408 e. The Bertz CT molecular complexity index is 546. The number of hydrogen-bond donors (Lipinski definition) is 0. The summed E-state index contributed by atoms with van der Waals surface area (Å²) in [5.74, 6) is 0.661. The Hall–Kier alpha value is -1.62. The molecule has 102 valence electrons. The number of aromatic nitrogens is 2. The van der Waals surface area contributed by atoms with Crippen LogP contribution in [0.15, 0.2) is 28.7 Å². The van der Waals surface area contributed by atoms with Gasteiger partial charge in [0.05, 0.1) is 6.04 Å². The fourth-order valence-corrected chi connectivity index (χ4v) is 1.92. The standard InChI is InChI=1S/C13H15ClFN3O/c1-9(10-5-3-4-6-11(10)15)18(2)13-17-16-12(19-13)7-8-14/h3-6,9H,7-8H2,1-2H3. The van der Waals surface area contributed by atoms with Crippen LogP contribution in [0.4, 0.5) is 10.4 Å². The second kappa shape index (κ2) is 6.02. The molecule has 0 amide bonds. The molecule has 0 spiro atoms. The van der Waals surface area contributed by atoms with E-state index in [0.29, 0.717) is 29.8 Å². The van der Waals surface area contributed by atoms with Crippen molar-refractivity contribution in [3.63, 3.8) is 0 Å². The molecule has 0 N–H and O–H groups in total. The lowest BCUT2D eigenvalue weighted by molar-refractivity contribution is 0.480. The van der Waals surface area contributed by atoms with Crippen molar-refractivity contribution in [3.05, 3.63) is 41.5 Å². The lowest BCUT2D eigenvalue weighted by atomic mass is 10.1. The molecule has 1 unspecified atom stereocenters. The SMILES string of the molecule is CC(c1ccccc1F)N(C)c1nnc(CCCl)o1. The highest BCUT2D eigenvalue weighted by Gasteiger charge is 2.20. The van der Waals surface area contributed by atoms with E-state index in [-0.39, 0.29) is 11.9 Å².